The fourth-order valence-corrected chi connectivity index (χ4v) is 3.07. The summed E-state index contributed by atoms with van der Waals surface area (Å²) in [6.45, 7) is 2.11. The summed E-state index contributed by atoms with van der Waals surface area (Å²) >= 11 is 0. The van der Waals surface area contributed by atoms with E-state index in [2.05, 4.69) is 10.1 Å². The summed E-state index contributed by atoms with van der Waals surface area (Å²) in [5.41, 5.74) is 0. The van der Waals surface area contributed by atoms with Crippen molar-refractivity contribution in [2.45, 2.75) is 38.0 Å². The van der Waals surface area contributed by atoms with E-state index in [1.165, 1.54) is 6.33 Å². The van der Waals surface area contributed by atoms with E-state index >= 15 is 0 Å². The number of aryl methyl sites for hydroxylation is 1. The van der Waals surface area contributed by atoms with Gasteiger partial charge in [-0.05, 0) is 12.8 Å². The monoisotopic (exact) mass is 307 g/mol. The number of carbonyl (C=O) groups excluding carboxylic acids is 2. The second-order valence-electron chi connectivity index (χ2n) is 5.81. The molecule has 0 aromatic carbocycles. The predicted molar refractivity (Wildman–Crippen MR) is 76.8 cm³/mol. The van der Waals surface area contributed by atoms with Crippen LogP contribution in [0.15, 0.2) is 12.7 Å². The number of amides is 2. The lowest BCUT2D eigenvalue weighted by molar-refractivity contribution is -0.163. The van der Waals surface area contributed by atoms with Crippen LogP contribution in [-0.2, 0) is 20.9 Å². The smallest absolute Gasteiger partial charge is 0.248 e. The third kappa shape index (κ3) is 3.11. The second kappa shape index (κ2) is 6.43. The third-order valence-electron chi connectivity index (χ3n) is 4.43. The normalized spacial score (nSPS) is 25.2. The van der Waals surface area contributed by atoms with E-state index in [9.17, 15) is 9.59 Å². The molecule has 3 rings (SSSR count). The molecule has 0 N–H and O–H groups in total. The number of carbonyl (C=O) groups is 2. The number of piperidine rings is 1. The zero-order valence-electron chi connectivity index (χ0n) is 12.7. The zero-order valence-corrected chi connectivity index (χ0v) is 12.7. The van der Waals surface area contributed by atoms with Gasteiger partial charge in [0, 0.05) is 33.1 Å². The molecule has 2 saturated heterocycles. The van der Waals surface area contributed by atoms with E-state index in [1.54, 1.807) is 23.0 Å². The molecule has 0 bridgehead atoms. The van der Waals surface area contributed by atoms with Crippen LogP contribution in [0.5, 0.6) is 0 Å². The first kappa shape index (κ1) is 15.0. The van der Waals surface area contributed by atoms with Crippen molar-refractivity contribution in [2.24, 2.45) is 0 Å². The van der Waals surface area contributed by atoms with Crippen molar-refractivity contribution in [1.29, 1.82) is 0 Å². The van der Waals surface area contributed by atoms with Crippen LogP contribution < -0.4 is 0 Å². The summed E-state index contributed by atoms with van der Waals surface area (Å²) in [5.74, 6) is 0.117. The number of aromatic nitrogens is 3. The second-order valence-corrected chi connectivity index (χ2v) is 5.81. The molecular formula is C14H21N5O3. The quantitative estimate of drug-likeness (QED) is 0.750. The maximum atomic E-state index is 12.3. The number of hydrogen-bond acceptors (Lipinski definition) is 5. The van der Waals surface area contributed by atoms with Crippen molar-refractivity contribution in [3.63, 3.8) is 0 Å². The van der Waals surface area contributed by atoms with Crippen LogP contribution >= 0.6 is 0 Å². The Kier molecular flexibility index (Phi) is 4.37. The van der Waals surface area contributed by atoms with Gasteiger partial charge in [0.05, 0.1) is 12.1 Å². The Morgan fingerprint density at radius 1 is 1.50 bits per heavy atom. The SMILES string of the molecule is CN1C(=O)CO[C@@H]2CCN(C(=O)CCCn3cncn3)C[C@@H]21. The molecule has 1 aromatic rings. The van der Waals surface area contributed by atoms with Crippen LogP contribution in [0, 0.1) is 0 Å². The predicted octanol–water partition coefficient (Wildman–Crippen LogP) is -0.484. The van der Waals surface area contributed by atoms with E-state index < -0.39 is 0 Å². The molecule has 2 amide bonds. The lowest BCUT2D eigenvalue weighted by Crippen LogP contribution is -2.61. The maximum absolute atomic E-state index is 12.3. The van der Waals surface area contributed by atoms with Crippen LogP contribution in [0.1, 0.15) is 19.3 Å². The van der Waals surface area contributed by atoms with E-state index in [0.717, 1.165) is 12.8 Å². The van der Waals surface area contributed by atoms with Crippen LogP contribution in [0.25, 0.3) is 0 Å². The highest BCUT2D eigenvalue weighted by Crippen LogP contribution is 2.23. The topological polar surface area (TPSA) is 80.6 Å². The Labute approximate surface area is 129 Å². The Morgan fingerprint density at radius 3 is 3.14 bits per heavy atom. The first-order valence-corrected chi connectivity index (χ1v) is 7.62. The van der Waals surface area contributed by atoms with Gasteiger partial charge in [-0.1, -0.05) is 0 Å². The molecule has 22 heavy (non-hydrogen) atoms. The van der Waals surface area contributed by atoms with Crippen LogP contribution in [0.3, 0.4) is 0 Å². The molecule has 0 radical (unpaired) electrons. The number of fused-ring (bicyclic) bond motifs is 1. The minimum absolute atomic E-state index is 0.0123. The number of nitrogens with zero attached hydrogens (tertiary/aromatic N) is 5. The molecule has 8 heteroatoms. The van der Waals surface area contributed by atoms with Crippen molar-refractivity contribution in [2.75, 3.05) is 26.7 Å². The molecule has 120 valence electrons. The molecule has 0 unspecified atom stereocenters. The fourth-order valence-electron chi connectivity index (χ4n) is 3.07. The lowest BCUT2D eigenvalue weighted by Gasteiger charge is -2.45. The maximum Gasteiger partial charge on any atom is 0.248 e. The molecule has 2 aliphatic rings. The van der Waals surface area contributed by atoms with Gasteiger partial charge in [-0.2, -0.15) is 5.10 Å². The van der Waals surface area contributed by atoms with Gasteiger partial charge in [0.2, 0.25) is 11.8 Å². The summed E-state index contributed by atoms with van der Waals surface area (Å²) in [6.07, 6.45) is 5.20. The third-order valence-corrected chi connectivity index (χ3v) is 4.43. The molecular weight excluding hydrogens is 286 g/mol. The minimum atomic E-state index is -0.0192. The van der Waals surface area contributed by atoms with Crippen molar-refractivity contribution < 1.29 is 14.3 Å². The van der Waals surface area contributed by atoms with Crippen molar-refractivity contribution in [3.8, 4) is 0 Å². The van der Waals surface area contributed by atoms with Gasteiger partial charge >= 0.3 is 0 Å². The Bertz CT molecular complexity index is 533. The lowest BCUT2D eigenvalue weighted by atomic mass is 9.98. The van der Waals surface area contributed by atoms with Crippen molar-refractivity contribution in [1.82, 2.24) is 24.6 Å². The van der Waals surface area contributed by atoms with Crippen LogP contribution in [0.2, 0.25) is 0 Å². The van der Waals surface area contributed by atoms with E-state index in [-0.39, 0.29) is 30.6 Å². The van der Waals surface area contributed by atoms with Gasteiger partial charge < -0.3 is 14.5 Å². The number of hydrogen-bond donors (Lipinski definition) is 0. The van der Waals surface area contributed by atoms with Crippen molar-refractivity contribution >= 4 is 11.8 Å². The van der Waals surface area contributed by atoms with Gasteiger partial charge in [0.15, 0.2) is 0 Å². The van der Waals surface area contributed by atoms with Gasteiger partial charge in [-0.3, -0.25) is 14.3 Å². The first-order chi connectivity index (χ1) is 10.6. The highest BCUT2D eigenvalue weighted by atomic mass is 16.5. The molecule has 0 aliphatic carbocycles. The molecule has 2 fully saturated rings. The van der Waals surface area contributed by atoms with Crippen molar-refractivity contribution in [3.05, 3.63) is 12.7 Å². The van der Waals surface area contributed by atoms with Crippen LogP contribution in [0.4, 0.5) is 0 Å². The van der Waals surface area contributed by atoms with E-state index in [4.69, 9.17) is 4.74 Å². The molecule has 0 spiro atoms. The summed E-state index contributed by atoms with van der Waals surface area (Å²) in [6, 6.07) is -0.0192. The fraction of sp³-hybridized carbons (Fsp3) is 0.714. The molecule has 8 nitrogen and oxygen atoms in total. The molecule has 2 atom stereocenters. The molecule has 1 aromatic heterocycles. The summed E-state index contributed by atoms with van der Waals surface area (Å²) in [5, 5.41) is 4.02. The average Bonchev–Trinajstić information content (AvgIpc) is 3.04. The number of morpholine rings is 1. The average molecular weight is 307 g/mol. The number of likely N-dealkylation sites (N-methyl/N-ethyl adjacent to an activating group) is 1. The van der Waals surface area contributed by atoms with Gasteiger partial charge in [0.1, 0.15) is 19.3 Å². The zero-order chi connectivity index (χ0) is 15.5. The summed E-state index contributed by atoms with van der Waals surface area (Å²) in [7, 11) is 1.79. The largest absolute Gasteiger partial charge is 0.366 e. The van der Waals surface area contributed by atoms with E-state index in [1.807, 2.05) is 4.90 Å². The summed E-state index contributed by atoms with van der Waals surface area (Å²) < 4.78 is 7.30. The minimum Gasteiger partial charge on any atom is -0.366 e. The number of likely N-dealkylation sites (tertiary alicyclic amines) is 1. The highest BCUT2D eigenvalue weighted by molar-refractivity contribution is 5.79. The highest BCUT2D eigenvalue weighted by Gasteiger charge is 2.39. The number of ether oxygens (including phenoxy) is 1. The molecule has 2 aliphatic heterocycles. The Morgan fingerprint density at radius 2 is 2.36 bits per heavy atom. The van der Waals surface area contributed by atoms with E-state index in [0.29, 0.717) is 26.1 Å². The van der Waals surface area contributed by atoms with Gasteiger partial charge in [0.25, 0.3) is 0 Å². The summed E-state index contributed by atoms with van der Waals surface area (Å²) in [4.78, 5) is 31.5. The molecule has 3 heterocycles. The van der Waals surface area contributed by atoms with Gasteiger partial charge in [-0.25, -0.2) is 4.98 Å². The Balaban J connectivity index is 1.49. The first-order valence-electron chi connectivity index (χ1n) is 7.62. The van der Waals surface area contributed by atoms with Gasteiger partial charge in [-0.15, -0.1) is 0 Å². The molecule has 0 saturated carbocycles. The standard InChI is InChI=1S/C14H21N5O3/c1-17-11-7-18(6-4-12(11)22-8-14(17)21)13(20)3-2-5-19-10-15-9-16-19/h9-12H,2-8H2,1H3/t11-,12+/m0/s1. The Hall–Kier alpha value is -1.96. The van der Waals surface area contributed by atoms with Crippen LogP contribution in [-0.4, -0.2) is 75.3 Å². The number of rotatable bonds is 4.